The lowest BCUT2D eigenvalue weighted by atomic mass is 9.67. The fraction of sp³-hybridized carbons (Fsp3) is 0.907. The molecule has 0 bridgehead atoms. The standard InChI is InChI=1S/C43H72N2O13/c1-17-30-43(10)32(28(21-44)39(48)58-43)24(4)33(46)22(2)19-41(8,51-15)36(57-40-35(49-13)29(45(11)12)18-23(3)53-40)25(5)34(26(6)38(47)55-30)56-31-20-42(9,52-16)37(50-14)27(7)54-31/h22-32,34-37,40H,17-20H2,1-16H3/t22-,23-,24-,25+,26-,27+,28+,29+,30+,31-,32+,34-,35-,36-,37+,40+,41-,42-,43-/m1/s1. The summed E-state index contributed by atoms with van der Waals surface area (Å²) >= 11 is 0. The number of hydrogen-bond acceptors (Lipinski definition) is 15. The average molecular weight is 825 g/mol. The van der Waals surface area contributed by atoms with E-state index in [-0.39, 0.29) is 37.2 Å². The van der Waals surface area contributed by atoms with E-state index in [1.54, 1.807) is 49.2 Å². The Balaban J connectivity index is 1.92. The molecule has 0 spiro atoms. The van der Waals surface area contributed by atoms with E-state index >= 15 is 0 Å². The van der Waals surface area contributed by atoms with E-state index in [0.717, 1.165) is 0 Å². The summed E-state index contributed by atoms with van der Waals surface area (Å²) in [5.74, 6) is -6.76. The molecule has 58 heavy (non-hydrogen) atoms. The van der Waals surface area contributed by atoms with Crippen LogP contribution in [-0.2, 0) is 61.8 Å². The minimum absolute atomic E-state index is 0.0500. The lowest BCUT2D eigenvalue weighted by Crippen LogP contribution is -2.61. The number of esters is 2. The molecule has 0 radical (unpaired) electrons. The topological polar surface area (TPSA) is 171 Å². The molecule has 4 aliphatic heterocycles. The number of fused-ring (bicyclic) bond motifs is 1. The number of Topliss-reactive ketones (excluding diaryl/α,β-unsaturated/α-hetero) is 1. The first-order chi connectivity index (χ1) is 27.1. The van der Waals surface area contributed by atoms with Crippen LogP contribution >= 0.6 is 0 Å². The van der Waals surface area contributed by atoms with Crippen LogP contribution in [0.15, 0.2) is 0 Å². The van der Waals surface area contributed by atoms with Crippen molar-refractivity contribution in [3.05, 3.63) is 0 Å². The molecular weight excluding hydrogens is 752 g/mol. The zero-order valence-electron chi connectivity index (χ0n) is 37.8. The summed E-state index contributed by atoms with van der Waals surface area (Å²) in [5, 5.41) is 10.3. The van der Waals surface area contributed by atoms with Crippen molar-refractivity contribution >= 4 is 17.7 Å². The van der Waals surface area contributed by atoms with Crippen LogP contribution < -0.4 is 0 Å². The van der Waals surface area contributed by atoms with Crippen LogP contribution in [0, 0.1) is 46.8 Å². The van der Waals surface area contributed by atoms with E-state index in [1.165, 1.54) is 0 Å². The van der Waals surface area contributed by atoms with E-state index in [2.05, 4.69) is 11.0 Å². The number of ketones is 1. The fourth-order valence-electron chi connectivity index (χ4n) is 10.6. The SMILES string of the molecule is CC[C@@H]1OC(=O)[C@H](C)[C@H](O[C@@H]2C[C@@](C)(OC)[C@@H](OC)[C@H](C)O2)[C@H](C)[C@@H](O[C@@H]2O[C@H](C)C[C@H](N(C)C)[C@H]2OC)[C@](C)(OC)C[C@@H](C)C(=O)[C@H](C)[C@H]2[C@H](C#N)C(=O)O[C@@]21C. The third-order valence-electron chi connectivity index (χ3n) is 13.9. The van der Waals surface area contributed by atoms with Gasteiger partial charge in [-0.2, -0.15) is 5.26 Å². The summed E-state index contributed by atoms with van der Waals surface area (Å²) in [6, 6.07) is 2.04. The molecule has 332 valence electrons. The van der Waals surface area contributed by atoms with Gasteiger partial charge in [-0.25, -0.2) is 0 Å². The van der Waals surface area contributed by atoms with Crippen molar-refractivity contribution in [3.8, 4) is 6.07 Å². The number of nitriles is 1. The van der Waals surface area contributed by atoms with Gasteiger partial charge in [-0.05, 0) is 74.9 Å². The summed E-state index contributed by atoms with van der Waals surface area (Å²) < 4.78 is 63.7. The Morgan fingerprint density at radius 2 is 1.43 bits per heavy atom. The van der Waals surface area contributed by atoms with Crippen LogP contribution in [0.3, 0.4) is 0 Å². The van der Waals surface area contributed by atoms with Gasteiger partial charge in [0.1, 0.15) is 24.1 Å². The lowest BCUT2D eigenvalue weighted by Gasteiger charge is -2.50. The number of nitrogens with zero attached hydrogens (tertiary/aromatic N) is 2. The number of likely N-dealkylation sites (N-methyl/N-ethyl adjacent to an activating group) is 1. The van der Waals surface area contributed by atoms with Gasteiger partial charge in [-0.3, -0.25) is 14.4 Å². The molecule has 4 aliphatic rings. The molecule has 4 saturated heterocycles. The number of cyclic esters (lactones) is 1. The molecule has 0 unspecified atom stereocenters. The van der Waals surface area contributed by atoms with Gasteiger partial charge in [-0.1, -0.05) is 27.7 Å². The normalized spacial score (nSPS) is 47.1. The number of ether oxygens (including phenoxy) is 10. The highest BCUT2D eigenvalue weighted by molar-refractivity contribution is 5.86. The quantitative estimate of drug-likeness (QED) is 0.278. The Hall–Kier alpha value is -2.26. The van der Waals surface area contributed by atoms with Crippen LogP contribution in [0.5, 0.6) is 0 Å². The Morgan fingerprint density at radius 3 is 1.97 bits per heavy atom. The minimum atomic E-state index is -1.47. The molecule has 4 heterocycles. The van der Waals surface area contributed by atoms with Gasteiger partial charge in [0, 0.05) is 64.6 Å². The Bertz CT molecular complexity index is 1480. The fourth-order valence-corrected chi connectivity index (χ4v) is 10.6. The van der Waals surface area contributed by atoms with Gasteiger partial charge >= 0.3 is 11.9 Å². The highest BCUT2D eigenvalue weighted by Gasteiger charge is 2.62. The van der Waals surface area contributed by atoms with Crippen LogP contribution in [0.4, 0.5) is 0 Å². The van der Waals surface area contributed by atoms with Crippen molar-refractivity contribution in [2.75, 3.05) is 42.5 Å². The largest absolute Gasteiger partial charge is 0.458 e. The Morgan fingerprint density at radius 1 is 0.810 bits per heavy atom. The third kappa shape index (κ3) is 9.31. The van der Waals surface area contributed by atoms with E-state index in [1.807, 2.05) is 62.6 Å². The second-order valence-corrected chi connectivity index (χ2v) is 18.1. The van der Waals surface area contributed by atoms with Gasteiger partial charge in [0.2, 0.25) is 0 Å². The number of rotatable bonds is 10. The Labute approximate surface area is 346 Å². The summed E-state index contributed by atoms with van der Waals surface area (Å²) in [4.78, 5) is 44.7. The molecule has 15 heteroatoms. The van der Waals surface area contributed by atoms with Gasteiger partial charge < -0.3 is 52.3 Å². The summed E-state index contributed by atoms with van der Waals surface area (Å²) in [6.07, 6.45) is -4.65. The lowest BCUT2D eigenvalue weighted by molar-refractivity contribution is -0.322. The third-order valence-corrected chi connectivity index (χ3v) is 13.9. The molecular formula is C43H72N2O13. The van der Waals surface area contributed by atoms with Crippen molar-refractivity contribution in [2.45, 2.75) is 173 Å². The van der Waals surface area contributed by atoms with E-state index in [4.69, 9.17) is 47.4 Å². The zero-order valence-corrected chi connectivity index (χ0v) is 37.8. The van der Waals surface area contributed by atoms with E-state index < -0.39 is 113 Å². The monoisotopic (exact) mass is 825 g/mol. The molecule has 4 rings (SSSR count). The molecule has 0 aromatic heterocycles. The van der Waals surface area contributed by atoms with Crippen molar-refractivity contribution in [1.82, 2.24) is 4.90 Å². The molecule has 0 saturated carbocycles. The smallest absolute Gasteiger partial charge is 0.324 e. The predicted octanol–water partition coefficient (Wildman–Crippen LogP) is 4.71. The maximum Gasteiger partial charge on any atom is 0.324 e. The molecule has 19 atom stereocenters. The minimum Gasteiger partial charge on any atom is -0.458 e. The molecule has 4 fully saturated rings. The second kappa shape index (κ2) is 19.2. The summed E-state index contributed by atoms with van der Waals surface area (Å²) in [5.41, 5.74) is -3.47. The number of carbonyl (C=O) groups excluding carboxylic acids is 3. The van der Waals surface area contributed by atoms with Gasteiger partial charge in [-0.15, -0.1) is 0 Å². The van der Waals surface area contributed by atoms with Crippen LogP contribution in [0.2, 0.25) is 0 Å². The first kappa shape index (κ1) is 48.4. The molecule has 0 N–H and O–H groups in total. The average Bonchev–Trinajstić information content (AvgIpc) is 3.44. The first-order valence-electron chi connectivity index (χ1n) is 20.9. The number of hydrogen-bond donors (Lipinski definition) is 0. The van der Waals surface area contributed by atoms with Gasteiger partial charge in [0.15, 0.2) is 24.1 Å². The van der Waals surface area contributed by atoms with Crippen LogP contribution in [0.25, 0.3) is 0 Å². The highest BCUT2D eigenvalue weighted by Crippen LogP contribution is 2.48. The molecule has 0 amide bonds. The maximum absolute atomic E-state index is 14.7. The van der Waals surface area contributed by atoms with E-state index in [9.17, 15) is 19.6 Å². The van der Waals surface area contributed by atoms with Crippen molar-refractivity contribution < 1.29 is 61.8 Å². The molecule has 15 nitrogen and oxygen atoms in total. The predicted molar refractivity (Wildman–Crippen MR) is 211 cm³/mol. The number of carbonyl (C=O) groups is 3. The van der Waals surface area contributed by atoms with Crippen molar-refractivity contribution in [1.29, 1.82) is 5.26 Å². The summed E-state index contributed by atoms with van der Waals surface area (Å²) in [7, 11) is 10.4. The molecule has 0 aromatic rings. The maximum atomic E-state index is 14.7. The zero-order chi connectivity index (χ0) is 43.7. The number of methoxy groups -OCH3 is 4. The van der Waals surface area contributed by atoms with E-state index in [0.29, 0.717) is 6.42 Å². The summed E-state index contributed by atoms with van der Waals surface area (Å²) in [6.45, 7) is 18.4. The Kier molecular flexibility index (Phi) is 16.0. The second-order valence-electron chi connectivity index (χ2n) is 18.1. The first-order valence-corrected chi connectivity index (χ1v) is 20.9. The molecule has 0 aliphatic carbocycles. The highest BCUT2D eigenvalue weighted by atomic mass is 16.7. The van der Waals surface area contributed by atoms with Gasteiger partial charge in [0.25, 0.3) is 0 Å². The van der Waals surface area contributed by atoms with Crippen LogP contribution in [0.1, 0.15) is 94.9 Å². The van der Waals surface area contributed by atoms with Gasteiger partial charge in [0.05, 0.1) is 47.6 Å². The molecule has 0 aromatic carbocycles. The van der Waals surface area contributed by atoms with Crippen molar-refractivity contribution in [2.24, 2.45) is 35.5 Å². The van der Waals surface area contributed by atoms with Crippen LogP contribution in [-0.4, -0.2) is 143 Å². The van der Waals surface area contributed by atoms with Crippen molar-refractivity contribution in [3.63, 3.8) is 0 Å².